The van der Waals surface area contributed by atoms with Crippen LogP contribution < -0.4 is 11.1 Å². The van der Waals surface area contributed by atoms with Crippen LogP contribution in [0.25, 0.3) is 0 Å². The van der Waals surface area contributed by atoms with E-state index in [9.17, 15) is 17.6 Å². The Balaban J connectivity index is 4.19. The van der Waals surface area contributed by atoms with Crippen molar-refractivity contribution in [2.24, 2.45) is 11.1 Å². The zero-order valence-corrected chi connectivity index (χ0v) is 10.1. The Hall–Kier alpha value is -0.360. The molecule has 0 unspecified atom stereocenters. The van der Waals surface area contributed by atoms with Gasteiger partial charge >= 0.3 is 12.3 Å². The van der Waals surface area contributed by atoms with Crippen LogP contribution in [0.5, 0.6) is 0 Å². The van der Waals surface area contributed by atoms with Crippen LogP contribution in [0.2, 0.25) is 0 Å². The molecule has 0 aromatic rings. The van der Waals surface area contributed by atoms with E-state index >= 15 is 0 Å². The molecule has 0 aromatic heterocycles. The number of alkyl halides is 4. The van der Waals surface area contributed by atoms with Crippen LogP contribution in [-0.4, -0.2) is 31.0 Å². The monoisotopic (exact) mass is 244 g/mol. The molecule has 0 heterocycles. The van der Waals surface area contributed by atoms with Crippen LogP contribution >= 0.6 is 0 Å². The Morgan fingerprint density at radius 1 is 1.06 bits per heavy atom. The summed E-state index contributed by atoms with van der Waals surface area (Å²) in [5.74, 6) is -3.99. The van der Waals surface area contributed by atoms with E-state index < -0.39 is 29.8 Å². The van der Waals surface area contributed by atoms with E-state index in [0.717, 1.165) is 0 Å². The van der Waals surface area contributed by atoms with Crippen molar-refractivity contribution in [1.82, 2.24) is 5.32 Å². The third-order valence-corrected chi connectivity index (χ3v) is 2.99. The number of halogens is 4. The lowest BCUT2D eigenvalue weighted by Crippen LogP contribution is -2.53. The quantitative estimate of drug-likeness (QED) is 0.703. The van der Waals surface area contributed by atoms with Crippen molar-refractivity contribution in [2.45, 2.75) is 45.6 Å². The van der Waals surface area contributed by atoms with Gasteiger partial charge in [0.1, 0.15) is 0 Å². The highest BCUT2D eigenvalue weighted by atomic mass is 19.3. The maximum atomic E-state index is 12.6. The lowest BCUT2D eigenvalue weighted by molar-refractivity contribution is -0.126. The van der Waals surface area contributed by atoms with E-state index in [-0.39, 0.29) is 6.54 Å². The highest BCUT2D eigenvalue weighted by Crippen LogP contribution is 2.28. The molecule has 0 aromatic carbocycles. The van der Waals surface area contributed by atoms with Crippen LogP contribution in [0.3, 0.4) is 0 Å². The summed E-state index contributed by atoms with van der Waals surface area (Å²) in [6, 6.07) is 0. The zero-order valence-electron chi connectivity index (χ0n) is 10.1. The van der Waals surface area contributed by atoms with Crippen LogP contribution in [-0.2, 0) is 0 Å². The summed E-state index contributed by atoms with van der Waals surface area (Å²) < 4.78 is 48.9. The average molecular weight is 244 g/mol. The van der Waals surface area contributed by atoms with Crippen LogP contribution in [0, 0.1) is 5.41 Å². The number of hydrogen-bond donors (Lipinski definition) is 2. The zero-order chi connectivity index (χ0) is 13.2. The second-order valence-corrected chi connectivity index (χ2v) is 5.27. The van der Waals surface area contributed by atoms with E-state index in [2.05, 4.69) is 5.32 Å². The Kier molecular flexibility index (Phi) is 4.76. The highest BCUT2D eigenvalue weighted by Gasteiger charge is 2.41. The molecule has 0 saturated heterocycles. The van der Waals surface area contributed by atoms with Crippen molar-refractivity contribution in [2.75, 3.05) is 13.1 Å². The smallest absolute Gasteiger partial charge is 0.319 e. The number of nitrogens with two attached hydrogens (primary N) is 1. The van der Waals surface area contributed by atoms with Gasteiger partial charge in [-0.3, -0.25) is 0 Å². The second-order valence-electron chi connectivity index (χ2n) is 5.27. The first-order chi connectivity index (χ1) is 6.90. The largest absolute Gasteiger partial charge is 0.325 e. The van der Waals surface area contributed by atoms with E-state index in [1.54, 1.807) is 27.7 Å². The summed E-state index contributed by atoms with van der Waals surface area (Å²) >= 11 is 0. The maximum Gasteiger partial charge on any atom is 0.319 e. The summed E-state index contributed by atoms with van der Waals surface area (Å²) in [5.41, 5.74) is 4.80. The molecule has 0 radical (unpaired) electrons. The molecule has 3 N–H and O–H groups in total. The van der Waals surface area contributed by atoms with Gasteiger partial charge < -0.3 is 11.1 Å². The molecule has 2 nitrogen and oxygen atoms in total. The van der Waals surface area contributed by atoms with Gasteiger partial charge in [0.2, 0.25) is 0 Å². The van der Waals surface area contributed by atoms with Gasteiger partial charge in [0, 0.05) is 12.1 Å². The van der Waals surface area contributed by atoms with Crippen LogP contribution in [0.15, 0.2) is 0 Å². The van der Waals surface area contributed by atoms with Gasteiger partial charge in [-0.2, -0.15) is 8.78 Å². The fourth-order valence-electron chi connectivity index (χ4n) is 0.847. The lowest BCUT2D eigenvalue weighted by Gasteiger charge is -2.39. The molecular weight excluding hydrogens is 224 g/mol. The van der Waals surface area contributed by atoms with Gasteiger partial charge in [0.25, 0.3) is 0 Å². The first-order valence-corrected chi connectivity index (χ1v) is 5.06. The molecule has 0 fully saturated rings. The molecule has 98 valence electrons. The molecule has 0 atom stereocenters. The third kappa shape index (κ3) is 4.25. The Morgan fingerprint density at radius 2 is 1.50 bits per heavy atom. The Morgan fingerprint density at radius 3 is 1.81 bits per heavy atom. The summed E-state index contributed by atoms with van der Waals surface area (Å²) in [4.78, 5) is 0. The van der Waals surface area contributed by atoms with Gasteiger partial charge in [0.15, 0.2) is 0 Å². The molecule has 0 aliphatic carbocycles. The van der Waals surface area contributed by atoms with Gasteiger partial charge in [-0.25, -0.2) is 8.78 Å². The van der Waals surface area contributed by atoms with Crippen LogP contribution in [0.4, 0.5) is 17.6 Å². The molecule has 0 saturated carbocycles. The van der Waals surface area contributed by atoms with Gasteiger partial charge in [0.05, 0.1) is 6.54 Å². The minimum Gasteiger partial charge on any atom is -0.325 e. The standard InChI is InChI=1S/C10H20F4N2/c1-8(2,9(3,4)15)5-16-6-10(13,14)7(11)12/h7,16H,5-6,15H2,1-4H3. The molecule has 0 rings (SSSR count). The first-order valence-electron chi connectivity index (χ1n) is 5.06. The summed E-state index contributed by atoms with van der Waals surface area (Å²) in [7, 11) is 0. The normalized spacial score (nSPS) is 14.6. The molecule has 16 heavy (non-hydrogen) atoms. The van der Waals surface area contributed by atoms with Crippen LogP contribution in [0.1, 0.15) is 27.7 Å². The Bertz CT molecular complexity index is 221. The summed E-state index contributed by atoms with van der Waals surface area (Å²) in [6.45, 7) is 6.23. The lowest BCUT2D eigenvalue weighted by atomic mass is 9.75. The molecule has 0 amide bonds. The number of hydrogen-bond acceptors (Lipinski definition) is 2. The number of nitrogens with one attached hydrogen (secondary N) is 1. The molecule has 0 bridgehead atoms. The highest BCUT2D eigenvalue weighted by molar-refractivity contribution is 4.92. The average Bonchev–Trinajstić information content (AvgIpc) is 2.00. The molecule has 0 aliphatic heterocycles. The molecule has 0 spiro atoms. The van der Waals surface area contributed by atoms with Crippen molar-refractivity contribution in [3.8, 4) is 0 Å². The predicted octanol–water partition coefficient (Wildman–Crippen LogP) is 2.24. The minimum atomic E-state index is -3.99. The SMILES string of the molecule is CC(C)(N)C(C)(C)CNCC(F)(F)C(F)F. The van der Waals surface area contributed by atoms with E-state index in [1.165, 1.54) is 0 Å². The summed E-state index contributed by atoms with van der Waals surface area (Å²) in [6.07, 6.45) is -3.64. The van der Waals surface area contributed by atoms with Gasteiger partial charge in [-0.15, -0.1) is 0 Å². The van der Waals surface area contributed by atoms with Crippen molar-refractivity contribution in [1.29, 1.82) is 0 Å². The van der Waals surface area contributed by atoms with Crippen molar-refractivity contribution < 1.29 is 17.6 Å². The fraction of sp³-hybridized carbons (Fsp3) is 1.00. The fourth-order valence-corrected chi connectivity index (χ4v) is 0.847. The maximum absolute atomic E-state index is 12.6. The third-order valence-electron chi connectivity index (χ3n) is 2.99. The summed E-state index contributed by atoms with van der Waals surface area (Å²) in [5, 5.41) is 2.34. The van der Waals surface area contributed by atoms with Gasteiger partial charge in [-0.1, -0.05) is 13.8 Å². The van der Waals surface area contributed by atoms with Crippen molar-refractivity contribution in [3.05, 3.63) is 0 Å². The predicted molar refractivity (Wildman–Crippen MR) is 55.9 cm³/mol. The van der Waals surface area contributed by atoms with E-state index in [1.807, 2.05) is 0 Å². The molecular formula is C10H20F4N2. The molecule has 0 aliphatic rings. The van der Waals surface area contributed by atoms with Crippen molar-refractivity contribution >= 4 is 0 Å². The molecule has 6 heteroatoms. The minimum absolute atomic E-state index is 0.152. The number of rotatable bonds is 6. The van der Waals surface area contributed by atoms with E-state index in [0.29, 0.717) is 0 Å². The Labute approximate surface area is 93.6 Å². The first kappa shape index (κ1) is 15.6. The van der Waals surface area contributed by atoms with Gasteiger partial charge in [-0.05, 0) is 19.3 Å². The topological polar surface area (TPSA) is 38.0 Å². The second kappa shape index (κ2) is 4.87. The van der Waals surface area contributed by atoms with E-state index in [4.69, 9.17) is 5.73 Å². The van der Waals surface area contributed by atoms with Crippen molar-refractivity contribution in [3.63, 3.8) is 0 Å².